The molecule has 0 amide bonds. The molecule has 0 heterocycles. The highest BCUT2D eigenvalue weighted by molar-refractivity contribution is 9.52. The molecule has 0 atom stereocenters. The molecule has 0 aliphatic rings. The van der Waals surface area contributed by atoms with E-state index in [-0.39, 0.29) is 0 Å². The molecule has 0 aliphatic heterocycles. The lowest BCUT2D eigenvalue weighted by Crippen LogP contribution is -2.47. The fraction of sp³-hybridized carbons (Fsp3) is 0. The molecule has 0 aromatic heterocycles. The molecule has 0 spiro atoms. The summed E-state index contributed by atoms with van der Waals surface area (Å²) >= 11 is 19.4. The molecule has 2 rings (SSSR count). The van der Waals surface area contributed by atoms with E-state index in [2.05, 4.69) is 30.6 Å². The first-order valence-electron chi connectivity index (χ1n) is 4.90. The third kappa shape index (κ3) is 3.15. The van der Waals surface area contributed by atoms with Crippen molar-refractivity contribution in [3.63, 3.8) is 0 Å². The van der Waals surface area contributed by atoms with Gasteiger partial charge in [0.05, 0.1) is 0 Å². The first kappa shape index (κ1) is 13.6. The largest absolute Gasteiger partial charge is 0.259 e. The van der Waals surface area contributed by atoms with Gasteiger partial charge in [-0.3, -0.25) is 0 Å². The van der Waals surface area contributed by atoms with Crippen molar-refractivity contribution in [2.45, 2.75) is 0 Å². The molecule has 0 bridgehead atoms. The predicted octanol–water partition coefficient (Wildman–Crippen LogP) is 4.34. The van der Waals surface area contributed by atoms with Gasteiger partial charge in [0, 0.05) is 10.0 Å². The quantitative estimate of drug-likeness (QED) is 0.510. The van der Waals surface area contributed by atoms with E-state index in [0.717, 1.165) is 10.0 Å². The Morgan fingerprint density at radius 2 is 0.941 bits per heavy atom. The molecule has 0 unspecified atom stereocenters. The summed E-state index contributed by atoms with van der Waals surface area (Å²) in [5, 5.41) is 1.92. The Bertz CT molecular complexity index is 462. The molecule has 0 saturated heterocycles. The second-order valence-electron chi connectivity index (χ2n) is 3.59. The van der Waals surface area contributed by atoms with Crippen LogP contribution in [-0.2, 0) is 0 Å². The van der Waals surface area contributed by atoms with Crippen molar-refractivity contribution in [3.8, 4) is 0 Å². The van der Waals surface area contributed by atoms with E-state index in [1.54, 1.807) is 0 Å². The van der Waals surface area contributed by atoms with Crippen molar-refractivity contribution in [1.29, 1.82) is 0 Å². The van der Waals surface area contributed by atoms with Crippen molar-refractivity contribution in [2.75, 3.05) is 0 Å². The van der Waals surface area contributed by atoms with Gasteiger partial charge >= 0.3 is 0 Å². The monoisotopic (exact) mass is 408 g/mol. The Morgan fingerprint density at radius 3 is 1.24 bits per heavy atom. The van der Waals surface area contributed by atoms with Gasteiger partial charge < -0.3 is 0 Å². The summed E-state index contributed by atoms with van der Waals surface area (Å²) in [5.41, 5.74) is 0. The van der Waals surface area contributed by atoms with Crippen LogP contribution in [0.5, 0.6) is 0 Å². The van der Waals surface area contributed by atoms with E-state index in [1.165, 1.54) is 10.4 Å². The van der Waals surface area contributed by atoms with Crippen molar-refractivity contribution in [1.82, 2.24) is 0 Å². The SMILES string of the molecule is Clc1ccc([Si](Br)(Br)c2ccc(Cl)cc2)cc1. The molecule has 17 heavy (non-hydrogen) atoms. The maximum Gasteiger partial charge on any atom is 0.259 e. The summed E-state index contributed by atoms with van der Waals surface area (Å²) in [6, 6.07) is 15.7. The van der Waals surface area contributed by atoms with Crippen LogP contribution in [0.2, 0.25) is 10.0 Å². The second-order valence-corrected chi connectivity index (χ2v) is 17.1. The highest BCUT2D eigenvalue weighted by Crippen LogP contribution is 2.22. The molecule has 0 saturated carbocycles. The van der Waals surface area contributed by atoms with Gasteiger partial charge in [0.25, 0.3) is 5.31 Å². The first-order chi connectivity index (χ1) is 8.00. The van der Waals surface area contributed by atoms with Crippen molar-refractivity contribution >= 4 is 69.5 Å². The van der Waals surface area contributed by atoms with Crippen LogP contribution in [0, 0.1) is 0 Å². The van der Waals surface area contributed by atoms with E-state index in [0.29, 0.717) is 0 Å². The standard InChI is InChI=1S/C12H8Br2Cl2Si/c13-17(14,11-5-1-9(15)2-6-11)12-7-3-10(16)4-8-12/h1-8H. The zero-order valence-electron chi connectivity index (χ0n) is 8.63. The van der Waals surface area contributed by atoms with Gasteiger partial charge in [0.1, 0.15) is 0 Å². The summed E-state index contributed by atoms with van der Waals surface area (Å²) < 4.78 is 0. The lowest BCUT2D eigenvalue weighted by molar-refractivity contribution is 1.74. The van der Waals surface area contributed by atoms with Gasteiger partial charge in [-0.2, -0.15) is 0 Å². The predicted molar refractivity (Wildman–Crippen MR) is 85.8 cm³/mol. The van der Waals surface area contributed by atoms with Crippen molar-refractivity contribution in [2.24, 2.45) is 0 Å². The average Bonchev–Trinajstić information content (AvgIpc) is 2.30. The van der Waals surface area contributed by atoms with Crippen molar-refractivity contribution < 1.29 is 0 Å². The summed E-state index contributed by atoms with van der Waals surface area (Å²) in [4.78, 5) is 0. The number of benzene rings is 2. The fourth-order valence-corrected chi connectivity index (χ4v) is 6.41. The molecule has 0 radical (unpaired) electrons. The summed E-state index contributed by atoms with van der Waals surface area (Å²) in [5.74, 6) is 0. The third-order valence-corrected chi connectivity index (χ3v) is 10.5. The Labute approximate surface area is 127 Å². The van der Waals surface area contributed by atoms with Gasteiger partial charge in [-0.15, -0.1) is 0 Å². The number of halogens is 4. The molecule has 2 aromatic rings. The molecular formula is C12H8Br2Cl2Si. The summed E-state index contributed by atoms with van der Waals surface area (Å²) in [6.07, 6.45) is 0. The Balaban J connectivity index is 2.41. The maximum absolute atomic E-state index is 5.90. The summed E-state index contributed by atoms with van der Waals surface area (Å²) in [7, 11) is 0. The van der Waals surface area contributed by atoms with Crippen LogP contribution in [-0.4, -0.2) is 5.31 Å². The first-order valence-corrected chi connectivity index (χ1v) is 12.2. The molecule has 0 nitrogen and oxygen atoms in total. The highest BCUT2D eigenvalue weighted by atomic mass is 79.9. The van der Waals surface area contributed by atoms with E-state index >= 15 is 0 Å². The smallest absolute Gasteiger partial charge is 0.0987 e. The van der Waals surface area contributed by atoms with Crippen LogP contribution in [0.1, 0.15) is 0 Å². The second kappa shape index (κ2) is 5.45. The van der Waals surface area contributed by atoms with Crippen LogP contribution in [0.3, 0.4) is 0 Å². The number of hydrogen-bond donors (Lipinski definition) is 0. The topological polar surface area (TPSA) is 0 Å². The lowest BCUT2D eigenvalue weighted by atomic mass is 10.4. The molecule has 0 N–H and O–H groups in total. The zero-order valence-corrected chi connectivity index (χ0v) is 14.3. The molecule has 5 heteroatoms. The third-order valence-electron chi connectivity index (χ3n) is 2.41. The zero-order chi connectivity index (χ0) is 12.5. The van der Waals surface area contributed by atoms with Crippen molar-refractivity contribution in [3.05, 3.63) is 58.6 Å². The van der Waals surface area contributed by atoms with Gasteiger partial charge in [-0.05, 0) is 34.6 Å². The van der Waals surface area contributed by atoms with Crippen LogP contribution in [0.15, 0.2) is 48.5 Å². The maximum atomic E-state index is 5.90. The molecular weight excluding hydrogens is 403 g/mol. The van der Waals surface area contributed by atoms with E-state index < -0.39 is 5.31 Å². The molecule has 88 valence electrons. The van der Waals surface area contributed by atoms with E-state index in [9.17, 15) is 0 Å². The van der Waals surface area contributed by atoms with Crippen LogP contribution >= 0.6 is 53.8 Å². The van der Waals surface area contributed by atoms with Gasteiger partial charge in [-0.1, -0.05) is 78.1 Å². The normalized spacial score (nSPS) is 11.5. The minimum Gasteiger partial charge on any atom is -0.0987 e. The minimum absolute atomic E-state index is 0.745. The average molecular weight is 411 g/mol. The molecule has 0 aliphatic carbocycles. The van der Waals surface area contributed by atoms with Gasteiger partial charge in [0.15, 0.2) is 0 Å². The van der Waals surface area contributed by atoms with Crippen LogP contribution < -0.4 is 10.4 Å². The fourth-order valence-electron chi connectivity index (χ4n) is 1.49. The lowest BCUT2D eigenvalue weighted by Gasteiger charge is -2.19. The Kier molecular flexibility index (Phi) is 4.37. The molecule has 2 aromatic carbocycles. The minimum atomic E-state index is -1.99. The highest BCUT2D eigenvalue weighted by Gasteiger charge is 2.31. The van der Waals surface area contributed by atoms with Crippen LogP contribution in [0.4, 0.5) is 0 Å². The van der Waals surface area contributed by atoms with E-state index in [1.807, 2.05) is 48.5 Å². The Hall–Kier alpha value is 0.197. The Morgan fingerprint density at radius 1 is 0.647 bits per heavy atom. The van der Waals surface area contributed by atoms with Crippen LogP contribution in [0.25, 0.3) is 0 Å². The van der Waals surface area contributed by atoms with E-state index in [4.69, 9.17) is 23.2 Å². The van der Waals surface area contributed by atoms with Gasteiger partial charge in [0.2, 0.25) is 0 Å². The summed E-state index contributed by atoms with van der Waals surface area (Å²) in [6.45, 7) is 0. The van der Waals surface area contributed by atoms with Gasteiger partial charge in [-0.25, -0.2) is 0 Å². The molecule has 0 fully saturated rings. The number of rotatable bonds is 2. The number of hydrogen-bond acceptors (Lipinski definition) is 0.